The van der Waals surface area contributed by atoms with Gasteiger partial charge in [-0.3, -0.25) is 4.79 Å². The number of benzene rings is 1. The maximum atomic E-state index is 11.4. The van der Waals surface area contributed by atoms with Crippen molar-refractivity contribution < 1.29 is 4.79 Å². The minimum atomic E-state index is 0.178. The molecule has 0 heterocycles. The van der Waals surface area contributed by atoms with E-state index in [4.69, 9.17) is 23.2 Å². The Labute approximate surface area is 117 Å². The summed E-state index contributed by atoms with van der Waals surface area (Å²) in [6.45, 7) is 2.02. The van der Waals surface area contributed by atoms with Gasteiger partial charge in [0.1, 0.15) is 0 Å². The van der Waals surface area contributed by atoms with Crippen molar-refractivity contribution in [3.8, 4) is 0 Å². The van der Waals surface area contributed by atoms with Crippen LogP contribution in [0.15, 0.2) is 18.2 Å². The number of nitrogens with one attached hydrogen (secondary N) is 2. The molecule has 0 unspecified atom stereocenters. The number of carbonyl (C=O) groups is 1. The lowest BCUT2D eigenvalue weighted by Gasteiger charge is -2.08. The molecule has 2 N–H and O–H groups in total. The van der Waals surface area contributed by atoms with Crippen molar-refractivity contribution in [1.82, 2.24) is 10.6 Å². The first-order valence-corrected chi connectivity index (χ1v) is 6.85. The van der Waals surface area contributed by atoms with Crippen molar-refractivity contribution in [1.29, 1.82) is 0 Å². The molecule has 1 fully saturated rings. The second-order valence-electron chi connectivity index (χ2n) is 4.48. The van der Waals surface area contributed by atoms with E-state index < -0.39 is 0 Å². The zero-order valence-electron chi connectivity index (χ0n) is 10.0. The zero-order valence-corrected chi connectivity index (χ0v) is 11.5. The van der Waals surface area contributed by atoms with E-state index in [9.17, 15) is 4.79 Å². The Morgan fingerprint density at radius 2 is 2.06 bits per heavy atom. The van der Waals surface area contributed by atoms with E-state index in [2.05, 4.69) is 10.6 Å². The molecule has 1 amide bonds. The Kier molecular flexibility index (Phi) is 4.87. The summed E-state index contributed by atoms with van der Waals surface area (Å²) in [4.78, 5) is 11.4. The van der Waals surface area contributed by atoms with Gasteiger partial charge in [0, 0.05) is 35.6 Å². The van der Waals surface area contributed by atoms with Crippen LogP contribution in [0, 0.1) is 5.92 Å². The molecule has 1 aliphatic carbocycles. The molecule has 1 aromatic rings. The van der Waals surface area contributed by atoms with Crippen LogP contribution in [0.2, 0.25) is 10.0 Å². The highest BCUT2D eigenvalue weighted by Gasteiger charge is 2.28. The standard InChI is InChI=1S/C13H16Cl2N2O/c14-11-3-4-12(15)10(7-11)8-16-5-6-17-13(18)9-1-2-9/h3-4,7,9,16H,1-2,5-6,8H2,(H,17,18). The molecule has 3 nitrogen and oxygen atoms in total. The molecular formula is C13H16Cl2N2O. The van der Waals surface area contributed by atoms with Gasteiger partial charge in [-0.15, -0.1) is 0 Å². The smallest absolute Gasteiger partial charge is 0.223 e. The molecule has 98 valence electrons. The average Bonchev–Trinajstić information content (AvgIpc) is 3.17. The van der Waals surface area contributed by atoms with Crippen LogP contribution in [0.5, 0.6) is 0 Å². The van der Waals surface area contributed by atoms with Crippen LogP contribution in [-0.4, -0.2) is 19.0 Å². The number of amides is 1. The largest absolute Gasteiger partial charge is 0.355 e. The number of hydrogen-bond donors (Lipinski definition) is 2. The van der Waals surface area contributed by atoms with Crippen molar-refractivity contribution in [3.05, 3.63) is 33.8 Å². The number of carbonyl (C=O) groups excluding carboxylic acids is 1. The summed E-state index contributed by atoms with van der Waals surface area (Å²) in [5.74, 6) is 0.449. The molecule has 0 bridgehead atoms. The van der Waals surface area contributed by atoms with Gasteiger partial charge in [0.25, 0.3) is 0 Å². The third kappa shape index (κ3) is 4.16. The Morgan fingerprint density at radius 1 is 1.28 bits per heavy atom. The Hall–Kier alpha value is -0.770. The first-order chi connectivity index (χ1) is 8.66. The fourth-order valence-corrected chi connectivity index (χ4v) is 2.04. The average molecular weight is 287 g/mol. The lowest BCUT2D eigenvalue weighted by molar-refractivity contribution is -0.122. The SMILES string of the molecule is O=C(NCCNCc1cc(Cl)ccc1Cl)C1CC1. The van der Waals surface area contributed by atoms with Gasteiger partial charge >= 0.3 is 0 Å². The van der Waals surface area contributed by atoms with Gasteiger partial charge in [0.15, 0.2) is 0 Å². The van der Waals surface area contributed by atoms with Crippen molar-refractivity contribution in [3.63, 3.8) is 0 Å². The van der Waals surface area contributed by atoms with E-state index in [1.54, 1.807) is 12.1 Å². The zero-order chi connectivity index (χ0) is 13.0. The summed E-state index contributed by atoms with van der Waals surface area (Å²) in [5.41, 5.74) is 0.970. The lowest BCUT2D eigenvalue weighted by atomic mass is 10.2. The van der Waals surface area contributed by atoms with E-state index in [0.717, 1.165) is 24.9 Å². The summed E-state index contributed by atoms with van der Waals surface area (Å²) in [6.07, 6.45) is 2.08. The number of hydrogen-bond acceptors (Lipinski definition) is 2. The Morgan fingerprint density at radius 3 is 2.78 bits per heavy atom. The molecule has 2 rings (SSSR count). The third-order valence-electron chi connectivity index (χ3n) is 2.87. The molecule has 0 saturated heterocycles. The van der Waals surface area contributed by atoms with Gasteiger partial charge in [-0.1, -0.05) is 23.2 Å². The molecule has 0 radical (unpaired) electrons. The molecule has 0 atom stereocenters. The van der Waals surface area contributed by atoms with Gasteiger partial charge < -0.3 is 10.6 Å². The highest BCUT2D eigenvalue weighted by molar-refractivity contribution is 6.33. The van der Waals surface area contributed by atoms with Crippen LogP contribution in [0.4, 0.5) is 0 Å². The van der Waals surface area contributed by atoms with E-state index >= 15 is 0 Å². The summed E-state index contributed by atoms with van der Waals surface area (Å²) >= 11 is 11.9. The van der Waals surface area contributed by atoms with E-state index in [1.165, 1.54) is 0 Å². The van der Waals surface area contributed by atoms with E-state index in [0.29, 0.717) is 23.1 Å². The fourth-order valence-electron chi connectivity index (χ4n) is 1.67. The quantitative estimate of drug-likeness (QED) is 0.790. The molecule has 0 spiro atoms. The van der Waals surface area contributed by atoms with Crippen LogP contribution in [-0.2, 0) is 11.3 Å². The van der Waals surface area contributed by atoms with Gasteiger partial charge in [-0.2, -0.15) is 0 Å². The summed E-state index contributed by atoms with van der Waals surface area (Å²) in [7, 11) is 0. The predicted octanol–water partition coefficient (Wildman–Crippen LogP) is 2.61. The Bertz CT molecular complexity index is 433. The van der Waals surface area contributed by atoms with Crippen molar-refractivity contribution >= 4 is 29.1 Å². The van der Waals surface area contributed by atoms with Gasteiger partial charge in [0.2, 0.25) is 5.91 Å². The lowest BCUT2D eigenvalue weighted by Crippen LogP contribution is -2.32. The summed E-state index contributed by atoms with van der Waals surface area (Å²) < 4.78 is 0. The first kappa shape index (κ1) is 13.7. The topological polar surface area (TPSA) is 41.1 Å². The van der Waals surface area contributed by atoms with Crippen molar-refractivity contribution in [2.24, 2.45) is 5.92 Å². The molecule has 0 aliphatic heterocycles. The molecule has 5 heteroatoms. The normalized spacial score (nSPS) is 14.6. The second-order valence-corrected chi connectivity index (χ2v) is 5.32. The van der Waals surface area contributed by atoms with Crippen molar-refractivity contribution in [2.45, 2.75) is 19.4 Å². The van der Waals surface area contributed by atoms with E-state index in [-0.39, 0.29) is 11.8 Å². The Balaban J connectivity index is 1.65. The number of halogens is 2. The van der Waals surface area contributed by atoms with Crippen molar-refractivity contribution in [2.75, 3.05) is 13.1 Å². The molecular weight excluding hydrogens is 271 g/mol. The maximum Gasteiger partial charge on any atom is 0.223 e. The highest BCUT2D eigenvalue weighted by atomic mass is 35.5. The molecule has 1 aromatic carbocycles. The van der Waals surface area contributed by atoms with Gasteiger partial charge in [-0.25, -0.2) is 0 Å². The van der Waals surface area contributed by atoms with Gasteiger partial charge in [-0.05, 0) is 36.6 Å². The van der Waals surface area contributed by atoms with Gasteiger partial charge in [0.05, 0.1) is 0 Å². The monoisotopic (exact) mass is 286 g/mol. The minimum absolute atomic E-state index is 0.178. The molecule has 0 aromatic heterocycles. The first-order valence-electron chi connectivity index (χ1n) is 6.09. The van der Waals surface area contributed by atoms with Crippen LogP contribution in [0.1, 0.15) is 18.4 Å². The van der Waals surface area contributed by atoms with Crippen LogP contribution >= 0.6 is 23.2 Å². The summed E-state index contributed by atoms with van der Waals surface area (Å²) in [5, 5.41) is 7.50. The van der Waals surface area contributed by atoms with Crippen LogP contribution < -0.4 is 10.6 Å². The van der Waals surface area contributed by atoms with Crippen LogP contribution in [0.25, 0.3) is 0 Å². The minimum Gasteiger partial charge on any atom is -0.355 e. The maximum absolute atomic E-state index is 11.4. The second kappa shape index (κ2) is 6.41. The van der Waals surface area contributed by atoms with Crippen LogP contribution in [0.3, 0.4) is 0 Å². The molecule has 1 saturated carbocycles. The summed E-state index contributed by atoms with van der Waals surface area (Å²) in [6, 6.07) is 5.40. The predicted molar refractivity (Wildman–Crippen MR) is 73.9 cm³/mol. The molecule has 1 aliphatic rings. The number of rotatable bonds is 6. The fraction of sp³-hybridized carbons (Fsp3) is 0.462. The van der Waals surface area contributed by atoms with E-state index in [1.807, 2.05) is 6.07 Å². The molecule has 18 heavy (non-hydrogen) atoms. The highest BCUT2D eigenvalue weighted by Crippen LogP contribution is 2.28. The third-order valence-corrected chi connectivity index (χ3v) is 3.48.